The Hall–Kier alpha value is -4.59. The van der Waals surface area contributed by atoms with Gasteiger partial charge >= 0.3 is 0 Å². The van der Waals surface area contributed by atoms with Crippen LogP contribution >= 0.6 is 0 Å². The molecule has 0 aliphatic carbocycles. The highest BCUT2D eigenvalue weighted by Gasteiger charge is 2.57. The van der Waals surface area contributed by atoms with Crippen LogP contribution in [0.5, 0.6) is 23.0 Å². The van der Waals surface area contributed by atoms with Crippen molar-refractivity contribution in [2.45, 2.75) is 63.8 Å². The summed E-state index contributed by atoms with van der Waals surface area (Å²) >= 11 is 0. The summed E-state index contributed by atoms with van der Waals surface area (Å²) in [5.74, 6) is 0.455. The summed E-state index contributed by atoms with van der Waals surface area (Å²) in [6.07, 6.45) is 0.922. The molecule has 5 atom stereocenters. The lowest BCUT2D eigenvalue weighted by molar-refractivity contribution is -0.0757. The van der Waals surface area contributed by atoms with E-state index in [1.807, 2.05) is 20.9 Å². The maximum atomic E-state index is 13.7. The van der Waals surface area contributed by atoms with Crippen LogP contribution in [-0.4, -0.2) is 75.2 Å². The number of nitrogens with zero attached hydrogens (tertiary/aromatic N) is 4. The van der Waals surface area contributed by atoms with E-state index < -0.39 is 23.9 Å². The van der Waals surface area contributed by atoms with Crippen LogP contribution in [0.1, 0.15) is 71.7 Å². The summed E-state index contributed by atoms with van der Waals surface area (Å²) in [6, 6.07) is 9.28. The van der Waals surface area contributed by atoms with E-state index in [1.54, 1.807) is 31.2 Å². The number of hydrogen-bond acceptors (Lipinski definition) is 9. The lowest BCUT2D eigenvalue weighted by Gasteiger charge is -2.60. The second kappa shape index (κ2) is 9.21. The zero-order valence-electron chi connectivity index (χ0n) is 24.9. The molecule has 0 aromatic heterocycles. The van der Waals surface area contributed by atoms with E-state index in [-0.39, 0.29) is 43.0 Å². The Labute approximate surface area is 254 Å². The highest BCUT2D eigenvalue weighted by Crippen LogP contribution is 2.58. The fraction of sp³-hybridized carbons (Fsp3) is 0.382. The number of aryl methyl sites for hydroxylation is 1. The molecule has 10 heteroatoms. The molecule has 5 aliphatic heterocycles. The van der Waals surface area contributed by atoms with Crippen LogP contribution in [0.25, 0.3) is 0 Å². The molecule has 44 heavy (non-hydrogen) atoms. The summed E-state index contributed by atoms with van der Waals surface area (Å²) < 4.78 is 11.8. The van der Waals surface area contributed by atoms with Crippen LogP contribution in [-0.2, 0) is 12.8 Å². The Balaban J connectivity index is 1.35. The summed E-state index contributed by atoms with van der Waals surface area (Å²) in [7, 11) is 1.99. The highest BCUT2D eigenvalue weighted by molar-refractivity contribution is 6.21. The predicted octanol–water partition coefficient (Wildman–Crippen LogP) is 3.82. The number of ether oxygens (including phenoxy) is 2. The normalized spacial score (nSPS) is 26.6. The van der Waals surface area contributed by atoms with Crippen LogP contribution < -0.4 is 9.47 Å². The Morgan fingerprint density at radius 3 is 2.30 bits per heavy atom. The number of likely N-dealkylation sites (N-methyl/N-ethyl adjacent to an activating group) is 1. The van der Waals surface area contributed by atoms with Gasteiger partial charge in [-0.1, -0.05) is 18.2 Å². The molecule has 0 radical (unpaired) electrons. The zero-order chi connectivity index (χ0) is 30.8. The molecule has 2 N–H and O–H groups in total. The van der Waals surface area contributed by atoms with Crippen LogP contribution in [0, 0.1) is 32.1 Å². The smallest absolute Gasteiger partial charge is 0.261 e. The third-order valence-corrected chi connectivity index (χ3v) is 10.7. The van der Waals surface area contributed by atoms with Crippen molar-refractivity contribution in [1.29, 1.82) is 5.26 Å². The standard InChI is InChI=1S/C34H32N4O6/c1-15-9-18-10-22-24(12-35)38-23(28(36(22)4)26(18)30(40)16(15)2)11-21-27(32-31(43-14-44-32)17(3)29(21)39)25(38)13-37-33(41)19-7-5-6-8-20(19)34(37)42/h5-9,22-25,28,39-40H,10-11,13-14H2,1-4H3/t22-,23?,24-,25-,28-/m0/s1. The van der Waals surface area contributed by atoms with Gasteiger partial charge in [0.05, 0.1) is 29.3 Å². The number of hydrogen-bond donors (Lipinski definition) is 2. The van der Waals surface area contributed by atoms with Gasteiger partial charge in [0.25, 0.3) is 11.8 Å². The van der Waals surface area contributed by atoms with Crippen molar-refractivity contribution in [2.75, 3.05) is 20.4 Å². The Morgan fingerprint density at radius 1 is 0.932 bits per heavy atom. The largest absolute Gasteiger partial charge is 0.507 e. The number of phenolic OH excluding ortho intramolecular Hbond substituents is 2. The van der Waals surface area contributed by atoms with Crippen molar-refractivity contribution in [3.63, 3.8) is 0 Å². The summed E-state index contributed by atoms with van der Waals surface area (Å²) in [5, 5.41) is 34.0. The molecule has 8 rings (SSSR count). The monoisotopic (exact) mass is 592 g/mol. The average Bonchev–Trinajstić information content (AvgIpc) is 3.59. The number of aromatic hydroxyl groups is 2. The van der Waals surface area contributed by atoms with Crippen LogP contribution in [0.15, 0.2) is 30.3 Å². The topological polar surface area (TPSA) is 127 Å². The fourth-order valence-corrected chi connectivity index (χ4v) is 8.46. The van der Waals surface area contributed by atoms with Gasteiger partial charge in [-0.05, 0) is 69.5 Å². The Morgan fingerprint density at radius 2 is 1.61 bits per heavy atom. The van der Waals surface area contributed by atoms with E-state index >= 15 is 0 Å². The minimum atomic E-state index is -0.675. The number of carbonyl (C=O) groups is 2. The number of benzene rings is 3. The lowest BCUT2D eigenvalue weighted by atomic mass is 9.71. The first-order valence-corrected chi connectivity index (χ1v) is 14.9. The van der Waals surface area contributed by atoms with Crippen molar-refractivity contribution < 1.29 is 29.3 Å². The maximum absolute atomic E-state index is 13.7. The molecular formula is C34H32N4O6. The molecule has 3 aromatic rings. The van der Waals surface area contributed by atoms with Gasteiger partial charge in [0.15, 0.2) is 11.5 Å². The third kappa shape index (κ3) is 3.31. The molecular weight excluding hydrogens is 560 g/mol. The van der Waals surface area contributed by atoms with Crippen molar-refractivity contribution in [3.8, 4) is 29.1 Å². The van der Waals surface area contributed by atoms with E-state index in [9.17, 15) is 25.1 Å². The van der Waals surface area contributed by atoms with E-state index in [4.69, 9.17) is 9.47 Å². The first-order chi connectivity index (χ1) is 21.1. The Bertz CT molecular complexity index is 1830. The number of nitriles is 1. The molecule has 3 aromatic carbocycles. The Kier molecular flexibility index (Phi) is 5.65. The number of piperazine rings is 1. The van der Waals surface area contributed by atoms with Crippen molar-refractivity contribution in [2.24, 2.45) is 0 Å². The van der Waals surface area contributed by atoms with Gasteiger partial charge in [0.1, 0.15) is 17.5 Å². The number of rotatable bonds is 2. The quantitative estimate of drug-likeness (QED) is 0.427. The van der Waals surface area contributed by atoms with Gasteiger partial charge in [-0.15, -0.1) is 0 Å². The number of carbonyl (C=O) groups excluding carboxylic acids is 2. The number of fused-ring (bicyclic) bond motifs is 10. The first-order valence-electron chi connectivity index (χ1n) is 14.9. The van der Waals surface area contributed by atoms with Gasteiger partial charge in [-0.2, -0.15) is 5.26 Å². The fourth-order valence-electron chi connectivity index (χ4n) is 8.46. The van der Waals surface area contributed by atoms with Crippen molar-refractivity contribution in [1.82, 2.24) is 14.7 Å². The summed E-state index contributed by atoms with van der Waals surface area (Å²) in [5.41, 5.74) is 6.19. The SMILES string of the molecule is Cc1cc2c(c(O)c1C)[C@@H]1C3Cc4c(O)c(C)c5c(c4[C@H](CN4C(=O)c6ccccc6C4=O)N3[C@@H](C#N)[C@H](C2)N1C)OCO5. The molecule has 1 fully saturated rings. The average molecular weight is 593 g/mol. The number of imide groups is 1. The van der Waals surface area contributed by atoms with Gasteiger partial charge in [0, 0.05) is 40.9 Å². The molecule has 224 valence electrons. The van der Waals surface area contributed by atoms with Crippen LogP contribution in [0.2, 0.25) is 0 Å². The van der Waals surface area contributed by atoms with Crippen molar-refractivity contribution in [3.05, 3.63) is 80.4 Å². The molecule has 1 unspecified atom stereocenters. The van der Waals surface area contributed by atoms with Gasteiger partial charge in [-0.3, -0.25) is 24.3 Å². The second-order valence-electron chi connectivity index (χ2n) is 12.6. The molecule has 0 saturated carbocycles. The van der Waals surface area contributed by atoms with Crippen LogP contribution in [0.3, 0.4) is 0 Å². The highest BCUT2D eigenvalue weighted by atomic mass is 16.7. The second-order valence-corrected chi connectivity index (χ2v) is 12.6. The maximum Gasteiger partial charge on any atom is 0.261 e. The number of phenols is 2. The molecule has 5 aliphatic rings. The van der Waals surface area contributed by atoms with E-state index in [2.05, 4.69) is 21.9 Å². The molecule has 2 amide bonds. The van der Waals surface area contributed by atoms with Crippen molar-refractivity contribution >= 4 is 11.8 Å². The van der Waals surface area contributed by atoms with E-state index in [0.29, 0.717) is 52.2 Å². The first kappa shape index (κ1) is 27.0. The van der Waals surface area contributed by atoms with E-state index in [1.165, 1.54) is 4.90 Å². The minimum absolute atomic E-state index is 0.0230. The molecule has 2 bridgehead atoms. The molecule has 0 spiro atoms. The predicted molar refractivity (Wildman–Crippen MR) is 158 cm³/mol. The van der Waals surface area contributed by atoms with Gasteiger partial charge < -0.3 is 19.7 Å². The lowest BCUT2D eigenvalue weighted by Crippen LogP contribution is -2.68. The minimum Gasteiger partial charge on any atom is -0.507 e. The van der Waals surface area contributed by atoms with Crippen LogP contribution in [0.4, 0.5) is 0 Å². The number of amides is 2. The van der Waals surface area contributed by atoms with E-state index in [0.717, 1.165) is 22.3 Å². The van der Waals surface area contributed by atoms with Gasteiger partial charge in [-0.25, -0.2) is 0 Å². The zero-order valence-corrected chi connectivity index (χ0v) is 24.9. The molecule has 10 nitrogen and oxygen atoms in total. The summed E-state index contributed by atoms with van der Waals surface area (Å²) in [4.78, 5) is 32.9. The summed E-state index contributed by atoms with van der Waals surface area (Å²) in [6.45, 7) is 5.61. The third-order valence-electron chi connectivity index (χ3n) is 10.7. The molecule has 5 heterocycles. The van der Waals surface area contributed by atoms with Gasteiger partial charge in [0.2, 0.25) is 6.79 Å². The molecule has 1 saturated heterocycles.